The molecule has 2 aromatic rings. The summed E-state index contributed by atoms with van der Waals surface area (Å²) in [6.45, 7) is 9.88. The molecule has 1 N–H and O–H groups in total. The molecule has 0 fully saturated rings. The van der Waals surface area contributed by atoms with Crippen LogP contribution in [-0.4, -0.2) is 47.1 Å². The van der Waals surface area contributed by atoms with Crippen LogP contribution >= 0.6 is 11.3 Å². The fourth-order valence-corrected chi connectivity index (χ4v) is 4.32. The third-order valence-electron chi connectivity index (χ3n) is 4.66. The number of esters is 1. The molecule has 180 valence electrons. The van der Waals surface area contributed by atoms with E-state index in [0.29, 0.717) is 11.6 Å². The van der Waals surface area contributed by atoms with Gasteiger partial charge in [-0.15, -0.1) is 11.3 Å². The summed E-state index contributed by atoms with van der Waals surface area (Å²) in [5.74, 6) is -0.612. The van der Waals surface area contributed by atoms with Crippen molar-refractivity contribution >= 4 is 29.3 Å². The van der Waals surface area contributed by atoms with Crippen LogP contribution in [0, 0.1) is 5.92 Å². The molecule has 1 unspecified atom stereocenters. The number of hydrogen-bond donors (Lipinski definition) is 1. The number of carbonyl (C=O) groups excluding carboxylic acids is 3. The van der Waals surface area contributed by atoms with Crippen LogP contribution in [0.2, 0.25) is 0 Å². The molecule has 2 amide bonds. The first-order chi connectivity index (χ1) is 15.5. The number of hydrogen-bond acceptors (Lipinski definition) is 7. The van der Waals surface area contributed by atoms with E-state index in [4.69, 9.17) is 9.47 Å². The fraction of sp³-hybridized carbons (Fsp3) is 0.500. The normalized spacial score (nSPS) is 12.2. The monoisotopic (exact) mass is 475 g/mol. The Morgan fingerprint density at radius 2 is 1.82 bits per heavy atom. The number of amides is 2. The topological polar surface area (TPSA) is 97.8 Å². The number of rotatable bonds is 9. The second kappa shape index (κ2) is 11.8. The number of methoxy groups -OCH3 is 1. The van der Waals surface area contributed by atoms with Gasteiger partial charge in [0.25, 0.3) is 0 Å². The van der Waals surface area contributed by atoms with Crippen LogP contribution in [0.5, 0.6) is 0 Å². The minimum absolute atomic E-state index is 0.0353. The van der Waals surface area contributed by atoms with Gasteiger partial charge >= 0.3 is 12.1 Å². The second-order valence-electron chi connectivity index (χ2n) is 8.94. The number of ether oxygens (including phenoxy) is 2. The van der Waals surface area contributed by atoms with Crippen LogP contribution in [0.4, 0.5) is 4.79 Å². The molecule has 0 aliphatic heterocycles. The SMILES string of the molecule is COC(=O)c1csc(C(C(C)C)N(Cc2ccccc2)C(=O)CCNC(=O)OC(C)(C)C)n1. The Balaban J connectivity index is 2.23. The number of carbonyl (C=O) groups is 3. The van der Waals surface area contributed by atoms with E-state index in [9.17, 15) is 14.4 Å². The zero-order valence-corrected chi connectivity index (χ0v) is 20.9. The van der Waals surface area contributed by atoms with E-state index < -0.39 is 17.7 Å². The van der Waals surface area contributed by atoms with Gasteiger partial charge in [0.1, 0.15) is 10.6 Å². The third-order valence-corrected chi connectivity index (χ3v) is 5.58. The lowest BCUT2D eigenvalue weighted by molar-refractivity contribution is -0.135. The Morgan fingerprint density at radius 3 is 2.39 bits per heavy atom. The van der Waals surface area contributed by atoms with E-state index in [-0.39, 0.29) is 36.5 Å². The molecule has 2 rings (SSSR count). The molecule has 0 aliphatic carbocycles. The maximum Gasteiger partial charge on any atom is 0.407 e. The molecule has 1 heterocycles. The zero-order valence-electron chi connectivity index (χ0n) is 20.1. The van der Waals surface area contributed by atoms with Gasteiger partial charge in [-0.1, -0.05) is 44.2 Å². The number of nitrogens with zero attached hydrogens (tertiary/aromatic N) is 2. The molecule has 0 radical (unpaired) electrons. The van der Waals surface area contributed by atoms with Gasteiger partial charge in [0.2, 0.25) is 5.91 Å². The molecule has 0 spiro atoms. The van der Waals surface area contributed by atoms with Crippen molar-refractivity contribution < 1.29 is 23.9 Å². The Bertz CT molecular complexity index is 937. The summed E-state index contributed by atoms with van der Waals surface area (Å²) in [4.78, 5) is 43.4. The highest BCUT2D eigenvalue weighted by atomic mass is 32.1. The summed E-state index contributed by atoms with van der Waals surface area (Å²) in [7, 11) is 1.31. The third kappa shape index (κ3) is 8.16. The predicted molar refractivity (Wildman–Crippen MR) is 127 cm³/mol. The van der Waals surface area contributed by atoms with Crippen molar-refractivity contribution in [1.82, 2.24) is 15.2 Å². The molecule has 1 aromatic heterocycles. The number of aromatic nitrogens is 1. The van der Waals surface area contributed by atoms with Crippen molar-refractivity contribution in [3.05, 3.63) is 52.0 Å². The molecule has 1 atom stereocenters. The van der Waals surface area contributed by atoms with Crippen molar-refractivity contribution in [3.8, 4) is 0 Å². The minimum Gasteiger partial charge on any atom is -0.464 e. The number of nitrogens with one attached hydrogen (secondary N) is 1. The van der Waals surface area contributed by atoms with Gasteiger partial charge in [-0.05, 0) is 32.3 Å². The molecule has 9 heteroatoms. The molecule has 1 aromatic carbocycles. The van der Waals surface area contributed by atoms with Crippen LogP contribution < -0.4 is 5.32 Å². The molecular weight excluding hydrogens is 442 g/mol. The summed E-state index contributed by atoms with van der Waals surface area (Å²) < 4.78 is 10.0. The zero-order chi connectivity index (χ0) is 24.6. The molecule has 0 aliphatic rings. The largest absolute Gasteiger partial charge is 0.464 e. The Labute approximate surface area is 199 Å². The van der Waals surface area contributed by atoms with Crippen molar-refractivity contribution in [2.45, 2.75) is 59.2 Å². The van der Waals surface area contributed by atoms with Gasteiger partial charge in [-0.25, -0.2) is 14.6 Å². The van der Waals surface area contributed by atoms with Crippen molar-refractivity contribution in [2.24, 2.45) is 5.92 Å². The second-order valence-corrected chi connectivity index (χ2v) is 9.83. The first-order valence-corrected chi connectivity index (χ1v) is 11.7. The minimum atomic E-state index is -0.613. The highest BCUT2D eigenvalue weighted by Gasteiger charge is 2.31. The summed E-state index contributed by atoms with van der Waals surface area (Å²) in [5, 5.41) is 4.95. The maximum atomic E-state index is 13.3. The van der Waals surface area contributed by atoms with Gasteiger partial charge in [-0.3, -0.25) is 4.79 Å². The lowest BCUT2D eigenvalue weighted by Gasteiger charge is -2.33. The van der Waals surface area contributed by atoms with Crippen molar-refractivity contribution in [1.29, 1.82) is 0 Å². The molecule has 33 heavy (non-hydrogen) atoms. The van der Waals surface area contributed by atoms with Crippen molar-refractivity contribution in [2.75, 3.05) is 13.7 Å². The van der Waals surface area contributed by atoms with Crippen LogP contribution in [0.15, 0.2) is 35.7 Å². The summed E-state index contributed by atoms with van der Waals surface area (Å²) >= 11 is 1.33. The first-order valence-electron chi connectivity index (χ1n) is 10.9. The average molecular weight is 476 g/mol. The lowest BCUT2D eigenvalue weighted by atomic mass is 10.0. The van der Waals surface area contributed by atoms with Crippen LogP contribution in [0.3, 0.4) is 0 Å². The summed E-state index contributed by atoms with van der Waals surface area (Å²) in [6.07, 6.45) is -0.460. The number of alkyl carbamates (subject to hydrolysis) is 1. The molecule has 0 saturated heterocycles. The van der Waals surface area contributed by atoms with Crippen LogP contribution in [0.25, 0.3) is 0 Å². The van der Waals surface area contributed by atoms with Gasteiger partial charge < -0.3 is 19.7 Å². The maximum absolute atomic E-state index is 13.3. The lowest BCUT2D eigenvalue weighted by Crippen LogP contribution is -2.39. The molecule has 8 nitrogen and oxygen atoms in total. The quantitative estimate of drug-likeness (QED) is 0.534. The van der Waals surface area contributed by atoms with Crippen LogP contribution in [0.1, 0.15) is 68.1 Å². The van der Waals surface area contributed by atoms with Gasteiger partial charge in [0.05, 0.1) is 13.2 Å². The fourth-order valence-electron chi connectivity index (χ4n) is 3.25. The number of benzene rings is 1. The van der Waals surface area contributed by atoms with Crippen LogP contribution in [-0.2, 0) is 20.8 Å². The molecule has 0 bridgehead atoms. The van der Waals surface area contributed by atoms with E-state index in [1.165, 1.54) is 18.4 Å². The number of thiazole rings is 1. The van der Waals surface area contributed by atoms with Gasteiger partial charge in [0.15, 0.2) is 5.69 Å². The molecular formula is C24H33N3O5S. The first kappa shape index (κ1) is 26.3. The van der Waals surface area contributed by atoms with E-state index >= 15 is 0 Å². The smallest absolute Gasteiger partial charge is 0.407 e. The highest BCUT2D eigenvalue weighted by molar-refractivity contribution is 7.09. The summed E-state index contributed by atoms with van der Waals surface area (Å²) in [6, 6.07) is 9.33. The van der Waals surface area contributed by atoms with E-state index in [1.807, 2.05) is 44.2 Å². The van der Waals surface area contributed by atoms with Gasteiger partial charge in [0, 0.05) is 24.9 Å². The predicted octanol–water partition coefficient (Wildman–Crippen LogP) is 4.57. The Kier molecular flexibility index (Phi) is 9.40. The summed E-state index contributed by atoms with van der Waals surface area (Å²) in [5.41, 5.74) is 0.585. The highest BCUT2D eigenvalue weighted by Crippen LogP contribution is 2.33. The van der Waals surface area contributed by atoms with Crippen molar-refractivity contribution in [3.63, 3.8) is 0 Å². The Hall–Kier alpha value is -2.94. The average Bonchev–Trinajstić information content (AvgIpc) is 3.21. The standard InChI is InChI=1S/C24H33N3O5S/c1-16(2)20(21-26-18(15-33-21)22(29)31-6)27(14-17-10-8-7-9-11-17)19(28)12-13-25-23(30)32-24(3,4)5/h7-11,15-16,20H,12-14H2,1-6H3,(H,25,30). The molecule has 0 saturated carbocycles. The van der Waals surface area contributed by atoms with Gasteiger partial charge in [-0.2, -0.15) is 0 Å². The van der Waals surface area contributed by atoms with E-state index in [0.717, 1.165) is 5.56 Å². The van der Waals surface area contributed by atoms with E-state index in [2.05, 4.69) is 10.3 Å². The van der Waals surface area contributed by atoms with E-state index in [1.54, 1.807) is 31.1 Å². The Morgan fingerprint density at radius 1 is 1.15 bits per heavy atom.